The van der Waals surface area contributed by atoms with E-state index >= 15 is 0 Å². The number of nitrogens with zero attached hydrogens (tertiary/aromatic N) is 3. The molecule has 4 heteroatoms. The monoisotopic (exact) mass is 243 g/mol. The molecule has 2 aromatic heterocycles. The first-order valence-electron chi connectivity index (χ1n) is 5.33. The highest BCUT2D eigenvalue weighted by Gasteiger charge is 2.11. The Morgan fingerprint density at radius 2 is 1.82 bits per heavy atom. The Balaban J connectivity index is 2.36. The second-order valence-electron chi connectivity index (χ2n) is 3.88. The van der Waals surface area contributed by atoms with Gasteiger partial charge >= 0.3 is 0 Å². The van der Waals surface area contributed by atoms with E-state index in [0.29, 0.717) is 5.15 Å². The minimum absolute atomic E-state index is 0.616. The van der Waals surface area contributed by atoms with E-state index in [1.807, 2.05) is 53.8 Å². The fraction of sp³-hybridized carbons (Fsp3) is 0.0769. The number of fused-ring (bicyclic) bond motifs is 1. The van der Waals surface area contributed by atoms with Crippen LogP contribution < -0.4 is 0 Å². The summed E-state index contributed by atoms with van der Waals surface area (Å²) in [7, 11) is 0. The maximum Gasteiger partial charge on any atom is 0.169 e. The van der Waals surface area contributed by atoms with Crippen LogP contribution >= 0.6 is 11.6 Å². The number of halogens is 1. The third-order valence-corrected chi connectivity index (χ3v) is 3.06. The molecule has 3 rings (SSSR count). The number of hydrogen-bond acceptors (Lipinski definition) is 2. The van der Waals surface area contributed by atoms with E-state index < -0.39 is 0 Å². The fourth-order valence-electron chi connectivity index (χ4n) is 1.90. The van der Waals surface area contributed by atoms with Gasteiger partial charge in [0, 0.05) is 5.56 Å². The van der Waals surface area contributed by atoms with Gasteiger partial charge in [0.25, 0.3) is 0 Å². The molecule has 0 radical (unpaired) electrons. The number of benzene rings is 1. The maximum absolute atomic E-state index is 6.19. The molecule has 1 aromatic carbocycles. The van der Waals surface area contributed by atoms with E-state index in [-0.39, 0.29) is 0 Å². The zero-order valence-corrected chi connectivity index (χ0v) is 10.0. The molecule has 0 saturated carbocycles. The molecule has 0 spiro atoms. The highest BCUT2D eigenvalue weighted by atomic mass is 35.5. The zero-order chi connectivity index (χ0) is 11.8. The van der Waals surface area contributed by atoms with Gasteiger partial charge in [0.15, 0.2) is 11.5 Å². The van der Waals surface area contributed by atoms with Gasteiger partial charge in [-0.05, 0) is 24.6 Å². The Morgan fingerprint density at radius 3 is 2.65 bits per heavy atom. The molecule has 0 saturated heterocycles. The van der Waals surface area contributed by atoms with Crippen molar-refractivity contribution in [2.45, 2.75) is 6.92 Å². The third-order valence-electron chi connectivity index (χ3n) is 2.77. The predicted octanol–water partition coefficient (Wildman–Crippen LogP) is 3.36. The largest absolute Gasteiger partial charge is 0.265 e. The number of aromatic nitrogens is 3. The van der Waals surface area contributed by atoms with Gasteiger partial charge in [0.1, 0.15) is 5.15 Å². The molecule has 0 N–H and O–H groups in total. The van der Waals surface area contributed by atoms with Crippen molar-refractivity contribution in [1.29, 1.82) is 0 Å². The lowest BCUT2D eigenvalue weighted by Gasteiger charge is -2.04. The topological polar surface area (TPSA) is 30.2 Å². The average Bonchev–Trinajstić information content (AvgIpc) is 2.75. The lowest BCUT2D eigenvalue weighted by molar-refractivity contribution is 1.11. The summed E-state index contributed by atoms with van der Waals surface area (Å²) >= 11 is 6.19. The van der Waals surface area contributed by atoms with Crippen molar-refractivity contribution < 1.29 is 0 Å². The van der Waals surface area contributed by atoms with E-state index in [4.69, 9.17) is 11.6 Å². The van der Waals surface area contributed by atoms with E-state index in [2.05, 4.69) is 10.2 Å². The minimum Gasteiger partial charge on any atom is -0.265 e. The van der Waals surface area contributed by atoms with E-state index in [1.165, 1.54) is 0 Å². The lowest BCUT2D eigenvalue weighted by atomic mass is 10.1. The summed E-state index contributed by atoms with van der Waals surface area (Å²) in [5.74, 6) is 0.781. The van der Waals surface area contributed by atoms with Crippen LogP contribution in [-0.4, -0.2) is 14.6 Å². The number of pyridine rings is 1. The first-order chi connectivity index (χ1) is 8.27. The Labute approximate surface area is 104 Å². The van der Waals surface area contributed by atoms with Crippen molar-refractivity contribution in [3.8, 4) is 11.4 Å². The summed E-state index contributed by atoms with van der Waals surface area (Å²) in [4.78, 5) is 0. The number of hydrogen-bond donors (Lipinski definition) is 0. The zero-order valence-electron chi connectivity index (χ0n) is 9.26. The Kier molecular flexibility index (Phi) is 2.34. The minimum atomic E-state index is 0.616. The van der Waals surface area contributed by atoms with Gasteiger partial charge in [-0.1, -0.05) is 41.9 Å². The molecular formula is C13H10ClN3. The summed E-state index contributed by atoms with van der Waals surface area (Å²) in [6.45, 7) is 2.05. The molecule has 0 fully saturated rings. The van der Waals surface area contributed by atoms with Crippen LogP contribution in [0.3, 0.4) is 0 Å². The van der Waals surface area contributed by atoms with Crippen molar-refractivity contribution in [3.05, 3.63) is 53.2 Å². The predicted molar refractivity (Wildman–Crippen MR) is 68.2 cm³/mol. The van der Waals surface area contributed by atoms with Gasteiger partial charge in [0.2, 0.25) is 0 Å². The summed E-state index contributed by atoms with van der Waals surface area (Å²) in [5.41, 5.74) is 2.96. The van der Waals surface area contributed by atoms with Crippen LogP contribution in [0.4, 0.5) is 0 Å². The molecule has 0 unspecified atom stereocenters. The van der Waals surface area contributed by atoms with Crippen LogP contribution in [-0.2, 0) is 0 Å². The van der Waals surface area contributed by atoms with Crippen LogP contribution in [0.15, 0.2) is 42.5 Å². The normalized spacial score (nSPS) is 10.9. The summed E-state index contributed by atoms with van der Waals surface area (Å²) in [6.07, 6.45) is 0. The van der Waals surface area contributed by atoms with Gasteiger partial charge in [-0.25, -0.2) is 0 Å². The van der Waals surface area contributed by atoms with Crippen molar-refractivity contribution in [3.63, 3.8) is 0 Å². The quantitative estimate of drug-likeness (QED) is 0.614. The Morgan fingerprint density at radius 1 is 1.00 bits per heavy atom. The molecule has 2 heterocycles. The van der Waals surface area contributed by atoms with Crippen molar-refractivity contribution in [1.82, 2.24) is 14.6 Å². The van der Waals surface area contributed by atoms with Crippen LogP contribution in [0.25, 0.3) is 17.0 Å². The fourth-order valence-corrected chi connectivity index (χ4v) is 2.14. The summed E-state index contributed by atoms with van der Waals surface area (Å²) < 4.78 is 1.85. The van der Waals surface area contributed by atoms with Crippen LogP contribution in [0, 0.1) is 6.92 Å². The number of rotatable bonds is 1. The van der Waals surface area contributed by atoms with Gasteiger partial charge in [-0.15, -0.1) is 10.2 Å². The summed E-state index contributed by atoms with van der Waals surface area (Å²) in [6, 6.07) is 13.7. The van der Waals surface area contributed by atoms with Crippen molar-refractivity contribution in [2.75, 3.05) is 0 Å². The Bertz CT molecular complexity index is 688. The van der Waals surface area contributed by atoms with Gasteiger partial charge in [-0.2, -0.15) is 0 Å². The van der Waals surface area contributed by atoms with E-state index in [0.717, 1.165) is 22.6 Å². The second-order valence-corrected chi connectivity index (χ2v) is 4.27. The molecule has 0 atom stereocenters. The molecule has 3 nitrogen and oxygen atoms in total. The molecular weight excluding hydrogens is 234 g/mol. The van der Waals surface area contributed by atoms with Crippen LogP contribution in [0.1, 0.15) is 5.56 Å². The SMILES string of the molecule is Cc1ccccc1-c1nnc2cccc(Cl)n12. The molecule has 3 aromatic rings. The Hall–Kier alpha value is -1.87. The van der Waals surface area contributed by atoms with Crippen LogP contribution in [0.5, 0.6) is 0 Å². The van der Waals surface area contributed by atoms with Gasteiger partial charge < -0.3 is 0 Å². The lowest BCUT2D eigenvalue weighted by Crippen LogP contribution is -1.92. The van der Waals surface area contributed by atoms with Crippen molar-refractivity contribution >= 4 is 17.2 Å². The van der Waals surface area contributed by atoms with Crippen molar-refractivity contribution in [2.24, 2.45) is 0 Å². The standard InChI is InChI=1S/C13H10ClN3/c1-9-5-2-3-6-10(9)13-16-15-12-8-4-7-11(14)17(12)13/h2-8H,1H3. The van der Waals surface area contributed by atoms with Gasteiger partial charge in [-0.3, -0.25) is 4.40 Å². The smallest absolute Gasteiger partial charge is 0.169 e. The van der Waals surface area contributed by atoms with E-state index in [1.54, 1.807) is 0 Å². The third kappa shape index (κ3) is 1.59. The van der Waals surface area contributed by atoms with E-state index in [9.17, 15) is 0 Å². The second kappa shape index (κ2) is 3.86. The highest BCUT2D eigenvalue weighted by Crippen LogP contribution is 2.24. The molecule has 0 aliphatic heterocycles. The molecule has 17 heavy (non-hydrogen) atoms. The first-order valence-corrected chi connectivity index (χ1v) is 5.71. The maximum atomic E-state index is 6.19. The average molecular weight is 244 g/mol. The first kappa shape index (κ1) is 10.3. The summed E-state index contributed by atoms with van der Waals surface area (Å²) in [5, 5.41) is 8.96. The highest BCUT2D eigenvalue weighted by molar-refractivity contribution is 6.29. The molecule has 0 aliphatic carbocycles. The molecule has 84 valence electrons. The molecule has 0 bridgehead atoms. The number of aryl methyl sites for hydroxylation is 1. The molecule has 0 amide bonds. The molecule has 0 aliphatic rings. The van der Waals surface area contributed by atoms with Crippen LogP contribution in [0.2, 0.25) is 5.15 Å². The van der Waals surface area contributed by atoms with Gasteiger partial charge in [0.05, 0.1) is 0 Å².